The van der Waals surface area contributed by atoms with Gasteiger partial charge in [-0.25, -0.2) is 8.78 Å². The molecule has 0 aliphatic rings. The fourth-order valence-electron chi connectivity index (χ4n) is 1.97. The van der Waals surface area contributed by atoms with Crippen molar-refractivity contribution in [2.24, 2.45) is 0 Å². The molecule has 0 radical (unpaired) electrons. The summed E-state index contributed by atoms with van der Waals surface area (Å²) in [6.07, 6.45) is 0.586. The van der Waals surface area contributed by atoms with Gasteiger partial charge in [-0.15, -0.1) is 11.3 Å². The highest BCUT2D eigenvalue weighted by atomic mass is 32.1. The summed E-state index contributed by atoms with van der Waals surface area (Å²) < 4.78 is 26.3. The molecule has 2 rings (SSSR count). The zero-order chi connectivity index (χ0) is 13.0. The van der Waals surface area contributed by atoms with Crippen LogP contribution in [-0.2, 0) is 6.42 Å². The van der Waals surface area contributed by atoms with Crippen molar-refractivity contribution in [3.63, 3.8) is 0 Å². The van der Waals surface area contributed by atoms with Crippen LogP contribution in [0.1, 0.15) is 23.4 Å². The average molecular weight is 267 g/mol. The number of thiophene rings is 1. The lowest BCUT2D eigenvalue weighted by Crippen LogP contribution is -2.22. The lowest BCUT2D eigenvalue weighted by molar-refractivity contribution is 0.545. The van der Waals surface area contributed by atoms with Gasteiger partial charge in [-0.2, -0.15) is 0 Å². The first kappa shape index (κ1) is 13.2. The summed E-state index contributed by atoms with van der Waals surface area (Å²) in [7, 11) is 0. The maximum absolute atomic E-state index is 13.1. The predicted octanol–water partition coefficient (Wildman–Crippen LogP) is 3.92. The standard InChI is InChI=1S/C14H15F2NS/c1-2-17-13(14-4-3-5-18-14)8-10-6-11(15)9-12(16)7-10/h3-7,9,13,17H,2,8H2,1H3. The average Bonchev–Trinajstić information content (AvgIpc) is 2.80. The molecular formula is C14H15F2NS. The number of hydrogen-bond donors (Lipinski definition) is 1. The van der Waals surface area contributed by atoms with Gasteiger partial charge in [0.05, 0.1) is 0 Å². The summed E-state index contributed by atoms with van der Waals surface area (Å²) in [5.41, 5.74) is 0.673. The molecule has 0 fully saturated rings. The molecule has 0 aliphatic carbocycles. The SMILES string of the molecule is CCNC(Cc1cc(F)cc(F)c1)c1cccs1. The van der Waals surface area contributed by atoms with E-state index in [-0.39, 0.29) is 6.04 Å². The molecular weight excluding hydrogens is 252 g/mol. The van der Waals surface area contributed by atoms with Crippen LogP contribution >= 0.6 is 11.3 Å². The van der Waals surface area contributed by atoms with Crippen LogP contribution in [0.4, 0.5) is 8.78 Å². The van der Waals surface area contributed by atoms with E-state index >= 15 is 0 Å². The van der Waals surface area contributed by atoms with Crippen LogP contribution in [0.3, 0.4) is 0 Å². The molecule has 1 N–H and O–H groups in total. The number of likely N-dealkylation sites (N-methyl/N-ethyl adjacent to an activating group) is 1. The highest BCUT2D eigenvalue weighted by Crippen LogP contribution is 2.23. The Labute approximate surface area is 109 Å². The lowest BCUT2D eigenvalue weighted by Gasteiger charge is -2.16. The molecule has 0 spiro atoms. The maximum Gasteiger partial charge on any atom is 0.126 e. The highest BCUT2D eigenvalue weighted by molar-refractivity contribution is 7.10. The molecule has 0 aliphatic heterocycles. The van der Waals surface area contributed by atoms with Crippen molar-refractivity contribution in [3.05, 3.63) is 57.8 Å². The quantitative estimate of drug-likeness (QED) is 0.865. The van der Waals surface area contributed by atoms with Gasteiger partial charge >= 0.3 is 0 Å². The van der Waals surface area contributed by atoms with Crippen LogP contribution in [0.2, 0.25) is 0 Å². The summed E-state index contributed by atoms with van der Waals surface area (Å²) in [4.78, 5) is 1.18. The maximum atomic E-state index is 13.1. The summed E-state index contributed by atoms with van der Waals surface area (Å²) in [6, 6.07) is 7.81. The zero-order valence-corrected chi connectivity index (χ0v) is 10.9. The van der Waals surface area contributed by atoms with Crippen molar-refractivity contribution in [3.8, 4) is 0 Å². The summed E-state index contributed by atoms with van der Waals surface area (Å²) in [6.45, 7) is 2.84. The number of hydrogen-bond acceptors (Lipinski definition) is 2. The van der Waals surface area contributed by atoms with E-state index in [1.54, 1.807) is 11.3 Å². The third kappa shape index (κ3) is 3.37. The molecule has 0 amide bonds. The molecule has 96 valence electrons. The van der Waals surface area contributed by atoms with E-state index in [9.17, 15) is 8.78 Å². The van der Waals surface area contributed by atoms with Gasteiger partial charge in [-0.1, -0.05) is 13.0 Å². The summed E-state index contributed by atoms with van der Waals surface area (Å²) >= 11 is 1.65. The Kier molecular flexibility index (Phi) is 4.44. The molecule has 0 saturated heterocycles. The van der Waals surface area contributed by atoms with E-state index in [4.69, 9.17) is 0 Å². The second-order valence-electron chi connectivity index (χ2n) is 4.11. The minimum Gasteiger partial charge on any atom is -0.309 e. The van der Waals surface area contributed by atoms with E-state index < -0.39 is 11.6 Å². The van der Waals surface area contributed by atoms with Gasteiger partial charge < -0.3 is 5.32 Å². The zero-order valence-electron chi connectivity index (χ0n) is 10.1. The Morgan fingerprint density at radius 2 is 1.94 bits per heavy atom. The monoisotopic (exact) mass is 267 g/mol. The molecule has 1 aromatic heterocycles. The van der Waals surface area contributed by atoms with Crippen LogP contribution in [0, 0.1) is 11.6 Å². The minimum atomic E-state index is -0.522. The van der Waals surface area contributed by atoms with E-state index in [0.29, 0.717) is 12.0 Å². The Balaban J connectivity index is 2.18. The Bertz CT molecular complexity index is 476. The van der Waals surface area contributed by atoms with E-state index in [0.717, 1.165) is 12.6 Å². The van der Waals surface area contributed by atoms with E-state index in [1.807, 2.05) is 24.4 Å². The normalized spacial score (nSPS) is 12.6. The molecule has 0 bridgehead atoms. The smallest absolute Gasteiger partial charge is 0.126 e. The van der Waals surface area contributed by atoms with Gasteiger partial charge in [-0.3, -0.25) is 0 Å². The van der Waals surface area contributed by atoms with Gasteiger partial charge in [-0.05, 0) is 42.1 Å². The third-order valence-corrected chi connectivity index (χ3v) is 3.69. The van der Waals surface area contributed by atoms with Gasteiger partial charge in [0.1, 0.15) is 11.6 Å². The highest BCUT2D eigenvalue weighted by Gasteiger charge is 2.13. The van der Waals surface area contributed by atoms with Crippen molar-refractivity contribution < 1.29 is 8.78 Å². The fourth-order valence-corrected chi connectivity index (χ4v) is 2.78. The first-order valence-electron chi connectivity index (χ1n) is 5.90. The van der Waals surface area contributed by atoms with Crippen molar-refractivity contribution in [2.75, 3.05) is 6.54 Å². The number of benzene rings is 1. The Morgan fingerprint density at radius 1 is 1.22 bits per heavy atom. The number of rotatable bonds is 5. The Morgan fingerprint density at radius 3 is 2.50 bits per heavy atom. The van der Waals surface area contributed by atoms with Gasteiger partial charge in [0, 0.05) is 17.0 Å². The van der Waals surface area contributed by atoms with Gasteiger partial charge in [0.15, 0.2) is 0 Å². The molecule has 4 heteroatoms. The molecule has 0 saturated carbocycles. The molecule has 1 unspecified atom stereocenters. The molecule has 1 aromatic carbocycles. The topological polar surface area (TPSA) is 12.0 Å². The van der Waals surface area contributed by atoms with Crippen LogP contribution in [0.5, 0.6) is 0 Å². The summed E-state index contributed by atoms with van der Waals surface area (Å²) in [5.74, 6) is -1.04. The second-order valence-corrected chi connectivity index (χ2v) is 5.09. The molecule has 2 aromatic rings. The van der Waals surface area contributed by atoms with Crippen LogP contribution < -0.4 is 5.32 Å². The van der Waals surface area contributed by atoms with E-state index in [2.05, 4.69) is 5.32 Å². The lowest BCUT2D eigenvalue weighted by atomic mass is 10.0. The van der Waals surface area contributed by atoms with Crippen LogP contribution in [0.25, 0.3) is 0 Å². The van der Waals surface area contributed by atoms with Crippen molar-refractivity contribution in [1.82, 2.24) is 5.32 Å². The second kappa shape index (κ2) is 6.07. The van der Waals surface area contributed by atoms with Crippen molar-refractivity contribution in [1.29, 1.82) is 0 Å². The van der Waals surface area contributed by atoms with Crippen LogP contribution in [0.15, 0.2) is 35.7 Å². The molecule has 18 heavy (non-hydrogen) atoms. The molecule has 1 heterocycles. The Hall–Kier alpha value is -1.26. The fraction of sp³-hybridized carbons (Fsp3) is 0.286. The molecule has 1 nitrogen and oxygen atoms in total. The minimum absolute atomic E-state index is 0.108. The third-order valence-electron chi connectivity index (χ3n) is 2.70. The largest absolute Gasteiger partial charge is 0.309 e. The number of halogens is 2. The number of nitrogens with one attached hydrogen (secondary N) is 1. The van der Waals surface area contributed by atoms with Crippen molar-refractivity contribution >= 4 is 11.3 Å². The first-order chi connectivity index (χ1) is 8.69. The summed E-state index contributed by atoms with van der Waals surface area (Å²) in [5, 5.41) is 5.34. The van der Waals surface area contributed by atoms with Gasteiger partial charge in [0.25, 0.3) is 0 Å². The van der Waals surface area contributed by atoms with E-state index in [1.165, 1.54) is 17.0 Å². The first-order valence-corrected chi connectivity index (χ1v) is 6.78. The molecule has 1 atom stereocenters. The van der Waals surface area contributed by atoms with Crippen molar-refractivity contribution in [2.45, 2.75) is 19.4 Å². The van der Waals surface area contributed by atoms with Crippen LogP contribution in [-0.4, -0.2) is 6.54 Å². The predicted molar refractivity (Wildman–Crippen MR) is 70.8 cm³/mol. The van der Waals surface area contributed by atoms with Gasteiger partial charge in [0.2, 0.25) is 0 Å².